The lowest BCUT2D eigenvalue weighted by Gasteiger charge is -2.10. The summed E-state index contributed by atoms with van der Waals surface area (Å²) in [6.45, 7) is 1.98. The van der Waals surface area contributed by atoms with E-state index in [1.165, 1.54) is 22.7 Å². The molecule has 1 aromatic carbocycles. The molecule has 0 radical (unpaired) electrons. The summed E-state index contributed by atoms with van der Waals surface area (Å²) >= 11 is 2.86. The van der Waals surface area contributed by atoms with E-state index in [0.717, 1.165) is 16.3 Å². The standard InChI is InChI=1S/C17H16N4O2S2/c1-2-15-20-21-17(25-15)19-16(23)12-7-3-4-8-13(12)18-14(22)10-11-6-5-9-24-11/h3-9H,2,10H2,1H3,(H,18,22)(H,19,21,23). The van der Waals surface area contributed by atoms with Crippen molar-refractivity contribution >= 4 is 45.3 Å². The highest BCUT2D eigenvalue weighted by Gasteiger charge is 2.15. The molecule has 25 heavy (non-hydrogen) atoms. The minimum atomic E-state index is -0.328. The van der Waals surface area contributed by atoms with Crippen molar-refractivity contribution in [2.45, 2.75) is 19.8 Å². The maximum atomic E-state index is 12.5. The highest BCUT2D eigenvalue weighted by molar-refractivity contribution is 7.15. The average molecular weight is 372 g/mol. The second-order valence-electron chi connectivity index (χ2n) is 5.16. The molecule has 0 atom stereocenters. The molecular formula is C17H16N4O2S2. The number of anilines is 2. The van der Waals surface area contributed by atoms with Gasteiger partial charge in [0.2, 0.25) is 11.0 Å². The van der Waals surface area contributed by atoms with Crippen LogP contribution in [-0.4, -0.2) is 22.0 Å². The predicted molar refractivity (Wildman–Crippen MR) is 100 cm³/mol. The van der Waals surface area contributed by atoms with Crippen LogP contribution in [0.25, 0.3) is 0 Å². The Balaban J connectivity index is 1.71. The molecule has 0 aliphatic heterocycles. The van der Waals surface area contributed by atoms with Crippen LogP contribution in [0.3, 0.4) is 0 Å². The van der Waals surface area contributed by atoms with Crippen LogP contribution < -0.4 is 10.6 Å². The fourth-order valence-corrected chi connectivity index (χ4v) is 3.55. The molecular weight excluding hydrogens is 356 g/mol. The number of nitrogens with one attached hydrogen (secondary N) is 2. The molecule has 8 heteroatoms. The maximum Gasteiger partial charge on any atom is 0.259 e. The molecule has 0 unspecified atom stereocenters. The van der Waals surface area contributed by atoms with E-state index in [2.05, 4.69) is 20.8 Å². The van der Waals surface area contributed by atoms with Crippen LogP contribution in [0.2, 0.25) is 0 Å². The number of nitrogens with zero attached hydrogens (tertiary/aromatic N) is 2. The van der Waals surface area contributed by atoms with Gasteiger partial charge in [-0.25, -0.2) is 0 Å². The van der Waals surface area contributed by atoms with Gasteiger partial charge >= 0.3 is 0 Å². The molecule has 0 aliphatic carbocycles. The fourth-order valence-electron chi connectivity index (χ4n) is 2.17. The smallest absolute Gasteiger partial charge is 0.259 e. The van der Waals surface area contributed by atoms with Gasteiger partial charge in [0, 0.05) is 4.88 Å². The van der Waals surface area contributed by atoms with Gasteiger partial charge in [0.1, 0.15) is 5.01 Å². The quantitative estimate of drug-likeness (QED) is 0.692. The van der Waals surface area contributed by atoms with E-state index in [9.17, 15) is 9.59 Å². The molecule has 0 saturated heterocycles. The number of rotatable bonds is 6. The summed E-state index contributed by atoms with van der Waals surface area (Å²) in [5.74, 6) is -0.488. The van der Waals surface area contributed by atoms with Gasteiger partial charge in [0.25, 0.3) is 5.91 Å². The Labute approximate surface area is 152 Å². The van der Waals surface area contributed by atoms with Crippen molar-refractivity contribution in [1.82, 2.24) is 10.2 Å². The van der Waals surface area contributed by atoms with Crippen LogP contribution in [0.5, 0.6) is 0 Å². The second kappa shape index (κ2) is 8.00. The summed E-state index contributed by atoms with van der Waals surface area (Å²) in [4.78, 5) is 25.7. The van der Waals surface area contributed by atoms with Crippen LogP contribution in [0.1, 0.15) is 27.2 Å². The Kier molecular flexibility index (Phi) is 5.52. The van der Waals surface area contributed by atoms with Crippen LogP contribution in [0, 0.1) is 0 Å². The van der Waals surface area contributed by atoms with E-state index in [0.29, 0.717) is 16.4 Å². The van der Waals surface area contributed by atoms with E-state index in [4.69, 9.17) is 0 Å². The molecule has 0 saturated carbocycles. The van der Waals surface area contributed by atoms with Gasteiger partial charge in [-0.15, -0.1) is 21.5 Å². The Morgan fingerprint density at radius 1 is 1.08 bits per heavy atom. The van der Waals surface area contributed by atoms with Crippen molar-refractivity contribution in [1.29, 1.82) is 0 Å². The lowest BCUT2D eigenvalue weighted by molar-refractivity contribution is -0.115. The van der Waals surface area contributed by atoms with E-state index in [1.807, 2.05) is 24.4 Å². The van der Waals surface area contributed by atoms with Crippen molar-refractivity contribution < 1.29 is 9.59 Å². The third-order valence-electron chi connectivity index (χ3n) is 3.35. The van der Waals surface area contributed by atoms with Crippen molar-refractivity contribution in [2.75, 3.05) is 10.6 Å². The van der Waals surface area contributed by atoms with Gasteiger partial charge in [-0.05, 0) is 30.0 Å². The first kappa shape index (κ1) is 17.2. The predicted octanol–water partition coefficient (Wildman–Crippen LogP) is 3.60. The fraction of sp³-hybridized carbons (Fsp3) is 0.176. The Bertz CT molecular complexity index is 874. The number of hydrogen-bond acceptors (Lipinski definition) is 6. The highest BCUT2D eigenvalue weighted by atomic mass is 32.1. The van der Waals surface area contributed by atoms with Gasteiger partial charge in [-0.3, -0.25) is 14.9 Å². The van der Waals surface area contributed by atoms with E-state index in [-0.39, 0.29) is 18.2 Å². The Morgan fingerprint density at radius 3 is 2.64 bits per heavy atom. The summed E-state index contributed by atoms with van der Waals surface area (Å²) in [6, 6.07) is 10.7. The normalized spacial score (nSPS) is 10.4. The number of carbonyl (C=O) groups excluding carboxylic acids is 2. The molecule has 3 rings (SSSR count). The molecule has 0 fully saturated rings. The SMILES string of the molecule is CCc1nnc(NC(=O)c2ccccc2NC(=O)Cc2cccs2)s1. The van der Waals surface area contributed by atoms with Crippen LogP contribution in [0.4, 0.5) is 10.8 Å². The first-order valence-electron chi connectivity index (χ1n) is 7.70. The summed E-state index contributed by atoms with van der Waals surface area (Å²) in [6.07, 6.45) is 1.05. The molecule has 0 spiro atoms. The maximum absolute atomic E-state index is 12.5. The summed E-state index contributed by atoms with van der Waals surface area (Å²) in [7, 11) is 0. The lowest BCUT2D eigenvalue weighted by Crippen LogP contribution is -2.19. The summed E-state index contributed by atoms with van der Waals surface area (Å²) in [5.41, 5.74) is 0.858. The van der Waals surface area contributed by atoms with Crippen molar-refractivity contribution in [3.8, 4) is 0 Å². The topological polar surface area (TPSA) is 84.0 Å². The van der Waals surface area contributed by atoms with Gasteiger partial charge in [-0.2, -0.15) is 0 Å². The van der Waals surface area contributed by atoms with E-state index >= 15 is 0 Å². The Morgan fingerprint density at radius 2 is 1.92 bits per heavy atom. The molecule has 2 N–H and O–H groups in total. The summed E-state index contributed by atoms with van der Waals surface area (Å²) < 4.78 is 0. The molecule has 2 aromatic heterocycles. The number of para-hydroxylation sites is 1. The van der Waals surface area contributed by atoms with E-state index < -0.39 is 0 Å². The first-order chi connectivity index (χ1) is 12.2. The molecule has 128 valence electrons. The van der Waals surface area contributed by atoms with Crippen LogP contribution in [0.15, 0.2) is 41.8 Å². The first-order valence-corrected chi connectivity index (χ1v) is 9.40. The van der Waals surface area contributed by atoms with Gasteiger partial charge < -0.3 is 5.32 Å². The minimum Gasteiger partial charge on any atom is -0.325 e. The average Bonchev–Trinajstić information content (AvgIpc) is 3.27. The van der Waals surface area contributed by atoms with E-state index in [1.54, 1.807) is 24.3 Å². The monoisotopic (exact) mass is 372 g/mol. The van der Waals surface area contributed by atoms with Crippen LogP contribution in [-0.2, 0) is 17.6 Å². The second-order valence-corrected chi connectivity index (χ2v) is 7.25. The highest BCUT2D eigenvalue weighted by Crippen LogP contribution is 2.20. The number of amides is 2. The Hall–Kier alpha value is -2.58. The molecule has 3 aromatic rings. The molecule has 2 amide bonds. The lowest BCUT2D eigenvalue weighted by atomic mass is 10.1. The number of aromatic nitrogens is 2. The van der Waals surface area contributed by atoms with Crippen LogP contribution >= 0.6 is 22.7 Å². The third-order valence-corrected chi connectivity index (χ3v) is 5.21. The van der Waals surface area contributed by atoms with Gasteiger partial charge in [0.15, 0.2) is 0 Å². The third kappa shape index (κ3) is 4.49. The molecule has 6 nitrogen and oxygen atoms in total. The molecule has 0 aliphatic rings. The van der Waals surface area contributed by atoms with Crippen molar-refractivity contribution in [3.63, 3.8) is 0 Å². The molecule has 0 bridgehead atoms. The molecule has 2 heterocycles. The number of benzene rings is 1. The minimum absolute atomic E-state index is 0.160. The number of thiophene rings is 1. The van der Waals surface area contributed by atoms with Gasteiger partial charge in [0.05, 0.1) is 17.7 Å². The largest absolute Gasteiger partial charge is 0.325 e. The van der Waals surface area contributed by atoms with Crippen molar-refractivity contribution in [2.24, 2.45) is 0 Å². The number of hydrogen-bond donors (Lipinski definition) is 2. The zero-order valence-corrected chi connectivity index (χ0v) is 15.1. The van der Waals surface area contributed by atoms with Gasteiger partial charge in [-0.1, -0.05) is 36.5 Å². The summed E-state index contributed by atoms with van der Waals surface area (Å²) in [5, 5.41) is 16.7. The number of carbonyl (C=O) groups is 2. The number of aryl methyl sites for hydroxylation is 1. The zero-order chi connectivity index (χ0) is 17.6. The zero-order valence-electron chi connectivity index (χ0n) is 13.5. The van der Waals surface area contributed by atoms with Crippen molar-refractivity contribution in [3.05, 3.63) is 57.2 Å².